The number of carbonyl (C=O) groups excluding carboxylic acids is 1. The Morgan fingerprint density at radius 1 is 1.22 bits per heavy atom. The SMILES string of the molecule is CCOc1cccc2sc(NC(=O)c3ccc(OC)cc3)nc12. The van der Waals surface area contributed by atoms with Crippen LogP contribution in [0.1, 0.15) is 17.3 Å². The molecule has 0 spiro atoms. The second kappa shape index (κ2) is 6.66. The number of hydrogen-bond donors (Lipinski definition) is 1. The molecule has 0 radical (unpaired) electrons. The molecule has 0 aliphatic heterocycles. The zero-order chi connectivity index (χ0) is 16.2. The molecule has 0 unspecified atom stereocenters. The highest BCUT2D eigenvalue weighted by Gasteiger charge is 2.12. The first kappa shape index (κ1) is 15.3. The summed E-state index contributed by atoms with van der Waals surface area (Å²) in [6.07, 6.45) is 0. The summed E-state index contributed by atoms with van der Waals surface area (Å²) >= 11 is 1.42. The van der Waals surface area contributed by atoms with Gasteiger partial charge in [0.1, 0.15) is 17.0 Å². The lowest BCUT2D eigenvalue weighted by molar-refractivity contribution is 0.102. The number of methoxy groups -OCH3 is 1. The van der Waals surface area contributed by atoms with Crippen molar-refractivity contribution >= 4 is 32.6 Å². The number of carbonyl (C=O) groups is 1. The van der Waals surface area contributed by atoms with E-state index in [-0.39, 0.29) is 5.91 Å². The number of aromatic nitrogens is 1. The van der Waals surface area contributed by atoms with Crippen LogP contribution in [0.3, 0.4) is 0 Å². The maximum absolute atomic E-state index is 12.3. The van der Waals surface area contributed by atoms with Crippen molar-refractivity contribution in [3.05, 3.63) is 48.0 Å². The van der Waals surface area contributed by atoms with Crippen molar-refractivity contribution in [3.63, 3.8) is 0 Å². The second-order valence-electron chi connectivity index (χ2n) is 4.74. The van der Waals surface area contributed by atoms with Gasteiger partial charge in [-0.2, -0.15) is 0 Å². The van der Waals surface area contributed by atoms with E-state index in [0.29, 0.717) is 23.1 Å². The fourth-order valence-corrected chi connectivity index (χ4v) is 3.04. The molecule has 0 fully saturated rings. The Balaban J connectivity index is 1.83. The molecule has 1 heterocycles. The largest absolute Gasteiger partial charge is 0.497 e. The molecule has 118 valence electrons. The average molecular weight is 328 g/mol. The van der Waals surface area contributed by atoms with Crippen LogP contribution in [0.15, 0.2) is 42.5 Å². The number of nitrogens with zero attached hydrogens (tertiary/aromatic N) is 1. The van der Waals surface area contributed by atoms with E-state index in [1.807, 2.05) is 25.1 Å². The smallest absolute Gasteiger partial charge is 0.257 e. The molecule has 5 nitrogen and oxygen atoms in total. The molecule has 1 amide bonds. The van der Waals surface area contributed by atoms with Crippen LogP contribution in [0.25, 0.3) is 10.2 Å². The predicted molar refractivity (Wildman–Crippen MR) is 91.7 cm³/mol. The summed E-state index contributed by atoms with van der Waals surface area (Å²) in [7, 11) is 1.59. The number of fused-ring (bicyclic) bond motifs is 1. The molecule has 3 rings (SSSR count). The van der Waals surface area contributed by atoms with Crippen LogP contribution < -0.4 is 14.8 Å². The van der Waals surface area contributed by atoms with Crippen molar-refractivity contribution in [1.29, 1.82) is 0 Å². The van der Waals surface area contributed by atoms with Gasteiger partial charge in [-0.15, -0.1) is 0 Å². The molecule has 1 N–H and O–H groups in total. The first-order valence-corrected chi connectivity index (χ1v) is 8.00. The summed E-state index contributed by atoms with van der Waals surface area (Å²) in [4.78, 5) is 16.8. The predicted octanol–water partition coefficient (Wildman–Crippen LogP) is 3.96. The number of amides is 1. The number of hydrogen-bond acceptors (Lipinski definition) is 5. The first-order valence-electron chi connectivity index (χ1n) is 7.19. The Kier molecular flexibility index (Phi) is 4.43. The molecule has 0 saturated carbocycles. The lowest BCUT2D eigenvalue weighted by atomic mass is 10.2. The third-order valence-electron chi connectivity index (χ3n) is 3.25. The molecule has 0 bridgehead atoms. The van der Waals surface area contributed by atoms with Crippen molar-refractivity contribution in [2.24, 2.45) is 0 Å². The maximum atomic E-state index is 12.3. The van der Waals surface area contributed by atoms with E-state index in [1.54, 1.807) is 31.4 Å². The number of ether oxygens (including phenoxy) is 2. The average Bonchev–Trinajstić information content (AvgIpc) is 2.98. The van der Waals surface area contributed by atoms with Crippen LogP contribution in [-0.4, -0.2) is 24.6 Å². The molecule has 2 aromatic carbocycles. The Labute approximate surface area is 137 Å². The molecule has 3 aromatic rings. The molecule has 1 aromatic heterocycles. The van der Waals surface area contributed by atoms with Crippen molar-refractivity contribution in [2.75, 3.05) is 19.0 Å². The van der Waals surface area contributed by atoms with Gasteiger partial charge in [-0.25, -0.2) is 4.98 Å². The minimum atomic E-state index is -0.204. The highest BCUT2D eigenvalue weighted by molar-refractivity contribution is 7.22. The van der Waals surface area contributed by atoms with E-state index < -0.39 is 0 Å². The Morgan fingerprint density at radius 2 is 2.00 bits per heavy atom. The molecule has 23 heavy (non-hydrogen) atoms. The topological polar surface area (TPSA) is 60.5 Å². The van der Waals surface area contributed by atoms with Gasteiger partial charge < -0.3 is 9.47 Å². The number of para-hydroxylation sites is 1. The quantitative estimate of drug-likeness (QED) is 0.770. The van der Waals surface area contributed by atoms with Crippen LogP contribution in [0.4, 0.5) is 5.13 Å². The summed E-state index contributed by atoms with van der Waals surface area (Å²) in [5.74, 6) is 1.23. The Bertz CT molecular complexity index is 827. The van der Waals surface area contributed by atoms with Crippen molar-refractivity contribution in [3.8, 4) is 11.5 Å². The van der Waals surface area contributed by atoms with Gasteiger partial charge in [0.05, 0.1) is 18.4 Å². The summed E-state index contributed by atoms with van der Waals surface area (Å²) in [6.45, 7) is 2.50. The first-order chi connectivity index (χ1) is 11.2. The van der Waals surface area contributed by atoms with Gasteiger partial charge in [-0.3, -0.25) is 10.1 Å². The van der Waals surface area contributed by atoms with Gasteiger partial charge in [0.2, 0.25) is 0 Å². The van der Waals surface area contributed by atoms with Crippen LogP contribution in [0, 0.1) is 0 Å². The van der Waals surface area contributed by atoms with Gasteiger partial charge >= 0.3 is 0 Å². The van der Waals surface area contributed by atoms with Gasteiger partial charge in [-0.05, 0) is 43.3 Å². The van der Waals surface area contributed by atoms with Crippen LogP contribution in [-0.2, 0) is 0 Å². The normalized spacial score (nSPS) is 10.5. The van der Waals surface area contributed by atoms with E-state index in [4.69, 9.17) is 9.47 Å². The van der Waals surface area contributed by atoms with E-state index in [9.17, 15) is 4.79 Å². The van der Waals surface area contributed by atoms with Gasteiger partial charge in [0, 0.05) is 5.56 Å². The third kappa shape index (κ3) is 3.27. The monoisotopic (exact) mass is 328 g/mol. The standard InChI is InChI=1S/C17H16N2O3S/c1-3-22-13-5-4-6-14-15(13)18-17(23-14)19-16(20)11-7-9-12(21-2)10-8-11/h4-10H,3H2,1-2H3,(H,18,19,20). The molecule has 0 aliphatic rings. The van der Waals surface area contributed by atoms with E-state index in [0.717, 1.165) is 16.0 Å². The highest BCUT2D eigenvalue weighted by Crippen LogP contribution is 2.32. The van der Waals surface area contributed by atoms with Crippen molar-refractivity contribution < 1.29 is 14.3 Å². The van der Waals surface area contributed by atoms with E-state index in [2.05, 4.69) is 10.3 Å². The zero-order valence-corrected chi connectivity index (χ0v) is 13.6. The fraction of sp³-hybridized carbons (Fsp3) is 0.176. The second-order valence-corrected chi connectivity index (χ2v) is 5.77. The lowest BCUT2D eigenvalue weighted by Gasteiger charge is -2.03. The summed E-state index contributed by atoms with van der Waals surface area (Å²) < 4.78 is 11.6. The van der Waals surface area contributed by atoms with E-state index >= 15 is 0 Å². The van der Waals surface area contributed by atoms with E-state index in [1.165, 1.54) is 11.3 Å². The molecular formula is C17H16N2O3S. The summed E-state index contributed by atoms with van der Waals surface area (Å²) in [5, 5.41) is 3.38. The molecule has 6 heteroatoms. The number of benzene rings is 2. The van der Waals surface area contributed by atoms with Gasteiger partial charge in [0.15, 0.2) is 5.13 Å². The molecular weight excluding hydrogens is 312 g/mol. The molecule has 0 aliphatic carbocycles. The summed E-state index contributed by atoms with van der Waals surface area (Å²) in [6, 6.07) is 12.7. The maximum Gasteiger partial charge on any atom is 0.257 e. The minimum Gasteiger partial charge on any atom is -0.497 e. The molecule has 0 saturated heterocycles. The number of thiazole rings is 1. The minimum absolute atomic E-state index is 0.204. The number of rotatable bonds is 5. The van der Waals surface area contributed by atoms with Gasteiger partial charge in [0.25, 0.3) is 5.91 Å². The highest BCUT2D eigenvalue weighted by atomic mass is 32.1. The molecule has 0 atom stereocenters. The Morgan fingerprint density at radius 3 is 2.70 bits per heavy atom. The number of nitrogens with one attached hydrogen (secondary N) is 1. The Hall–Kier alpha value is -2.60. The summed E-state index contributed by atoms with van der Waals surface area (Å²) in [5.41, 5.74) is 1.32. The fourth-order valence-electron chi connectivity index (χ4n) is 2.16. The van der Waals surface area contributed by atoms with Crippen LogP contribution in [0.2, 0.25) is 0 Å². The zero-order valence-electron chi connectivity index (χ0n) is 12.8. The van der Waals surface area contributed by atoms with Crippen LogP contribution >= 0.6 is 11.3 Å². The van der Waals surface area contributed by atoms with Gasteiger partial charge in [-0.1, -0.05) is 17.4 Å². The van der Waals surface area contributed by atoms with Crippen molar-refractivity contribution in [1.82, 2.24) is 4.98 Å². The lowest BCUT2D eigenvalue weighted by Crippen LogP contribution is -2.11. The van der Waals surface area contributed by atoms with Crippen LogP contribution in [0.5, 0.6) is 11.5 Å². The van der Waals surface area contributed by atoms with Crippen molar-refractivity contribution in [2.45, 2.75) is 6.92 Å². The number of anilines is 1. The third-order valence-corrected chi connectivity index (χ3v) is 4.19.